The van der Waals surface area contributed by atoms with Gasteiger partial charge in [0, 0.05) is 18.0 Å². The highest BCUT2D eigenvalue weighted by Gasteiger charge is 2.32. The van der Waals surface area contributed by atoms with Crippen molar-refractivity contribution in [1.29, 1.82) is 0 Å². The quantitative estimate of drug-likeness (QED) is 0.782. The van der Waals surface area contributed by atoms with Crippen molar-refractivity contribution in [3.05, 3.63) is 46.3 Å². The molecule has 8 heteroatoms. The summed E-state index contributed by atoms with van der Waals surface area (Å²) in [6, 6.07) is 3.93. The van der Waals surface area contributed by atoms with E-state index in [0.717, 1.165) is 12.3 Å². The molecule has 0 radical (unpaired) electrons. The summed E-state index contributed by atoms with van der Waals surface area (Å²) >= 11 is 3.32. The lowest BCUT2D eigenvalue weighted by Crippen LogP contribution is -2.08. The predicted molar refractivity (Wildman–Crippen MR) is 76.7 cm³/mol. The summed E-state index contributed by atoms with van der Waals surface area (Å²) in [6.45, 7) is 2.29. The zero-order valence-electron chi connectivity index (χ0n) is 11.5. The van der Waals surface area contributed by atoms with Gasteiger partial charge in [-0.25, -0.2) is 4.98 Å². The Balaban J connectivity index is 2.09. The third-order valence-corrected chi connectivity index (χ3v) is 3.23. The number of hydrogen-bond donors (Lipinski definition) is 0. The first kappa shape index (κ1) is 16.5. The van der Waals surface area contributed by atoms with E-state index in [1.54, 1.807) is 6.07 Å². The van der Waals surface area contributed by atoms with Crippen LogP contribution in [0.15, 0.2) is 35.1 Å². The van der Waals surface area contributed by atoms with Crippen molar-refractivity contribution in [3.63, 3.8) is 0 Å². The van der Waals surface area contributed by atoms with E-state index >= 15 is 0 Å². The number of alkyl halides is 3. The van der Waals surface area contributed by atoms with Gasteiger partial charge in [-0.3, -0.25) is 4.98 Å². The number of ether oxygens (including phenoxy) is 2. The maximum atomic E-state index is 12.4. The standard InChI is InChI=1S/C14H12BrF3N2O2/c1-2-21-12-10(15)5-6-19-13(12)22-8-9-3-4-11(20-7-9)14(16,17)18/h3-7H,2,8H2,1H3. The van der Waals surface area contributed by atoms with E-state index in [9.17, 15) is 13.2 Å². The minimum absolute atomic E-state index is 0.0364. The van der Waals surface area contributed by atoms with Crippen molar-refractivity contribution in [1.82, 2.24) is 9.97 Å². The van der Waals surface area contributed by atoms with E-state index in [1.165, 1.54) is 12.3 Å². The Morgan fingerprint density at radius 1 is 1.14 bits per heavy atom. The highest BCUT2D eigenvalue weighted by Crippen LogP contribution is 2.33. The van der Waals surface area contributed by atoms with Crippen LogP contribution in [0.5, 0.6) is 11.6 Å². The summed E-state index contributed by atoms with van der Waals surface area (Å²) in [4.78, 5) is 7.43. The van der Waals surface area contributed by atoms with Gasteiger partial charge < -0.3 is 9.47 Å². The summed E-state index contributed by atoms with van der Waals surface area (Å²) < 4.78 is 48.9. The van der Waals surface area contributed by atoms with Crippen molar-refractivity contribution >= 4 is 15.9 Å². The Labute approximate surface area is 133 Å². The van der Waals surface area contributed by atoms with Crippen molar-refractivity contribution in [2.75, 3.05) is 6.61 Å². The molecule has 0 saturated heterocycles. The van der Waals surface area contributed by atoms with Gasteiger partial charge in [-0.15, -0.1) is 0 Å². The lowest BCUT2D eigenvalue weighted by molar-refractivity contribution is -0.141. The molecule has 0 aliphatic carbocycles. The van der Waals surface area contributed by atoms with Crippen LogP contribution in [-0.4, -0.2) is 16.6 Å². The highest BCUT2D eigenvalue weighted by molar-refractivity contribution is 9.10. The maximum Gasteiger partial charge on any atom is 0.433 e. The van der Waals surface area contributed by atoms with Crippen LogP contribution in [0.25, 0.3) is 0 Å². The van der Waals surface area contributed by atoms with Crippen molar-refractivity contribution in [2.24, 2.45) is 0 Å². The molecule has 2 aromatic rings. The molecule has 0 fully saturated rings. The fraction of sp³-hybridized carbons (Fsp3) is 0.286. The van der Waals surface area contributed by atoms with Gasteiger partial charge in [-0.1, -0.05) is 6.07 Å². The minimum atomic E-state index is -4.45. The number of rotatable bonds is 5. The first-order valence-corrected chi connectivity index (χ1v) is 7.13. The molecule has 0 spiro atoms. The molecule has 22 heavy (non-hydrogen) atoms. The molecule has 118 valence electrons. The number of hydrogen-bond acceptors (Lipinski definition) is 4. The summed E-state index contributed by atoms with van der Waals surface area (Å²) in [5.74, 6) is 0.709. The summed E-state index contributed by atoms with van der Waals surface area (Å²) in [6.07, 6.45) is -1.79. The van der Waals surface area contributed by atoms with Crippen molar-refractivity contribution in [2.45, 2.75) is 19.7 Å². The Morgan fingerprint density at radius 2 is 1.91 bits per heavy atom. The van der Waals surface area contributed by atoms with E-state index < -0.39 is 11.9 Å². The van der Waals surface area contributed by atoms with Gasteiger partial charge in [-0.2, -0.15) is 13.2 Å². The molecule has 0 amide bonds. The first-order valence-electron chi connectivity index (χ1n) is 6.34. The third kappa shape index (κ3) is 4.09. The molecule has 0 aliphatic heterocycles. The SMILES string of the molecule is CCOc1c(Br)ccnc1OCc1ccc(C(F)(F)F)nc1. The second-order valence-corrected chi connectivity index (χ2v) is 5.05. The van der Waals surface area contributed by atoms with Crippen LogP contribution in [0, 0.1) is 0 Å². The van der Waals surface area contributed by atoms with Crippen molar-refractivity contribution < 1.29 is 22.6 Å². The number of halogens is 4. The summed E-state index contributed by atoms with van der Waals surface area (Å²) in [7, 11) is 0. The molecule has 0 aliphatic rings. The van der Waals surface area contributed by atoms with Gasteiger partial charge in [0.05, 0.1) is 11.1 Å². The average Bonchev–Trinajstić information content (AvgIpc) is 2.47. The van der Waals surface area contributed by atoms with Crippen LogP contribution < -0.4 is 9.47 Å². The Hall–Kier alpha value is -1.83. The fourth-order valence-electron chi connectivity index (χ4n) is 1.61. The topological polar surface area (TPSA) is 44.2 Å². The second kappa shape index (κ2) is 6.95. The lowest BCUT2D eigenvalue weighted by Gasteiger charge is -2.12. The number of aromatic nitrogens is 2. The van der Waals surface area contributed by atoms with Crippen LogP contribution in [0.4, 0.5) is 13.2 Å². The summed E-state index contributed by atoms with van der Waals surface area (Å²) in [5.41, 5.74) is -0.441. The molecule has 0 N–H and O–H groups in total. The second-order valence-electron chi connectivity index (χ2n) is 4.20. The van der Waals surface area contributed by atoms with Gasteiger partial charge in [0.15, 0.2) is 5.75 Å². The van der Waals surface area contributed by atoms with Gasteiger partial charge in [0.25, 0.3) is 5.88 Å². The average molecular weight is 377 g/mol. The Morgan fingerprint density at radius 3 is 2.50 bits per heavy atom. The zero-order valence-corrected chi connectivity index (χ0v) is 13.1. The molecule has 0 bridgehead atoms. The molecule has 0 unspecified atom stereocenters. The van der Waals surface area contributed by atoms with Gasteiger partial charge in [0.2, 0.25) is 0 Å². The van der Waals surface area contributed by atoms with Crippen LogP contribution in [-0.2, 0) is 12.8 Å². The van der Waals surface area contributed by atoms with E-state index in [1.807, 2.05) is 6.92 Å². The van der Waals surface area contributed by atoms with Crippen LogP contribution in [0.2, 0.25) is 0 Å². The molecule has 0 aromatic carbocycles. The van der Waals surface area contributed by atoms with E-state index in [0.29, 0.717) is 22.4 Å². The molecule has 0 atom stereocenters. The zero-order chi connectivity index (χ0) is 16.2. The largest absolute Gasteiger partial charge is 0.487 e. The third-order valence-electron chi connectivity index (χ3n) is 2.60. The molecule has 0 saturated carbocycles. The maximum absolute atomic E-state index is 12.4. The highest BCUT2D eigenvalue weighted by atomic mass is 79.9. The van der Waals surface area contributed by atoms with Crippen LogP contribution in [0.3, 0.4) is 0 Å². The molecule has 4 nitrogen and oxygen atoms in total. The van der Waals surface area contributed by atoms with Gasteiger partial charge >= 0.3 is 6.18 Å². The fourth-order valence-corrected chi connectivity index (χ4v) is 2.02. The van der Waals surface area contributed by atoms with Crippen molar-refractivity contribution in [3.8, 4) is 11.6 Å². The first-order chi connectivity index (χ1) is 10.4. The van der Waals surface area contributed by atoms with E-state index in [2.05, 4.69) is 25.9 Å². The van der Waals surface area contributed by atoms with E-state index in [4.69, 9.17) is 9.47 Å². The number of nitrogens with zero attached hydrogens (tertiary/aromatic N) is 2. The smallest absolute Gasteiger partial charge is 0.433 e. The minimum Gasteiger partial charge on any atom is -0.487 e. The molecular formula is C14H12BrF3N2O2. The normalized spacial score (nSPS) is 11.3. The molecular weight excluding hydrogens is 365 g/mol. The van der Waals surface area contributed by atoms with Gasteiger partial charge in [-0.05, 0) is 35.0 Å². The molecule has 2 heterocycles. The monoisotopic (exact) mass is 376 g/mol. The lowest BCUT2D eigenvalue weighted by atomic mass is 10.2. The number of pyridine rings is 2. The Bertz CT molecular complexity index is 633. The predicted octanol–water partition coefficient (Wildman–Crippen LogP) is 4.24. The van der Waals surface area contributed by atoms with E-state index in [-0.39, 0.29) is 12.5 Å². The summed E-state index contributed by atoms with van der Waals surface area (Å²) in [5, 5.41) is 0. The van der Waals surface area contributed by atoms with Crippen LogP contribution >= 0.6 is 15.9 Å². The molecule has 2 aromatic heterocycles. The van der Waals surface area contributed by atoms with Crippen LogP contribution in [0.1, 0.15) is 18.2 Å². The Kier molecular flexibility index (Phi) is 5.23. The molecule has 2 rings (SSSR count). The van der Waals surface area contributed by atoms with Gasteiger partial charge in [0.1, 0.15) is 12.3 Å².